The second-order valence-corrected chi connectivity index (χ2v) is 4.54. The molecule has 2 aromatic carbocycles. The smallest absolute Gasteiger partial charge is 0.129 e. The molecule has 0 amide bonds. The van der Waals surface area contributed by atoms with Crippen LogP contribution in [-0.2, 0) is 6.61 Å². The average molecular weight is 274 g/mol. The van der Waals surface area contributed by atoms with Crippen LogP contribution in [0.5, 0.6) is 17.2 Å². The Hall–Kier alpha value is -2.20. The van der Waals surface area contributed by atoms with E-state index >= 15 is 0 Å². The van der Waals surface area contributed by atoms with E-state index in [4.69, 9.17) is 9.47 Å². The maximum absolute atomic E-state index is 9.75. The minimum atomic E-state index is -0.625. The summed E-state index contributed by atoms with van der Waals surface area (Å²) in [6.07, 6.45) is -0.625. The van der Waals surface area contributed by atoms with Crippen molar-refractivity contribution in [1.82, 2.24) is 0 Å². The number of aliphatic hydroxyl groups is 1. The van der Waals surface area contributed by atoms with Crippen LogP contribution < -0.4 is 9.47 Å². The first kappa shape index (κ1) is 14.2. The minimum absolute atomic E-state index is 0.201. The van der Waals surface area contributed by atoms with E-state index < -0.39 is 6.10 Å². The number of hydrogen-bond donors (Lipinski definition) is 2. The second kappa shape index (κ2) is 6.30. The van der Waals surface area contributed by atoms with Crippen molar-refractivity contribution in [3.63, 3.8) is 0 Å². The monoisotopic (exact) mass is 274 g/mol. The first-order valence-electron chi connectivity index (χ1n) is 6.37. The number of benzene rings is 2. The molecule has 0 unspecified atom stereocenters. The first-order valence-corrected chi connectivity index (χ1v) is 6.37. The Bertz CT molecular complexity index is 578. The zero-order chi connectivity index (χ0) is 14.5. The van der Waals surface area contributed by atoms with Gasteiger partial charge < -0.3 is 19.7 Å². The number of phenolic OH excluding ortho intramolecular Hbond substituents is 1. The molecule has 0 bridgehead atoms. The molecule has 0 saturated heterocycles. The van der Waals surface area contributed by atoms with Gasteiger partial charge in [-0.3, -0.25) is 0 Å². The van der Waals surface area contributed by atoms with Crippen LogP contribution in [0.2, 0.25) is 0 Å². The minimum Gasteiger partial charge on any atom is -0.508 e. The molecule has 2 N–H and O–H groups in total. The zero-order valence-electron chi connectivity index (χ0n) is 11.5. The van der Waals surface area contributed by atoms with Crippen LogP contribution in [-0.4, -0.2) is 17.3 Å². The van der Waals surface area contributed by atoms with Gasteiger partial charge in [-0.25, -0.2) is 0 Å². The third-order valence-electron chi connectivity index (χ3n) is 2.98. The van der Waals surface area contributed by atoms with E-state index in [9.17, 15) is 10.2 Å². The first-order chi connectivity index (χ1) is 9.60. The third-order valence-corrected chi connectivity index (χ3v) is 2.98. The van der Waals surface area contributed by atoms with Gasteiger partial charge in [-0.05, 0) is 36.8 Å². The van der Waals surface area contributed by atoms with Gasteiger partial charge in [0.25, 0.3) is 0 Å². The Labute approximate surface area is 118 Å². The molecule has 106 valence electrons. The summed E-state index contributed by atoms with van der Waals surface area (Å²) in [6, 6.07) is 12.2. The lowest BCUT2D eigenvalue weighted by Crippen LogP contribution is -2.01. The van der Waals surface area contributed by atoms with Gasteiger partial charge in [-0.15, -0.1) is 0 Å². The van der Waals surface area contributed by atoms with Crippen LogP contribution in [0, 0.1) is 0 Å². The fourth-order valence-corrected chi connectivity index (χ4v) is 1.92. The second-order valence-electron chi connectivity index (χ2n) is 4.54. The van der Waals surface area contributed by atoms with Gasteiger partial charge in [-0.1, -0.05) is 12.1 Å². The lowest BCUT2D eigenvalue weighted by molar-refractivity contribution is 0.190. The summed E-state index contributed by atoms with van der Waals surface area (Å²) >= 11 is 0. The number of ether oxygens (including phenoxy) is 2. The van der Waals surface area contributed by atoms with Crippen molar-refractivity contribution in [2.24, 2.45) is 0 Å². The summed E-state index contributed by atoms with van der Waals surface area (Å²) < 4.78 is 10.9. The van der Waals surface area contributed by atoms with E-state index in [1.54, 1.807) is 50.4 Å². The highest BCUT2D eigenvalue weighted by Gasteiger charge is 2.11. The third kappa shape index (κ3) is 3.42. The lowest BCUT2D eigenvalue weighted by atomic mass is 10.1. The summed E-state index contributed by atoms with van der Waals surface area (Å²) in [4.78, 5) is 0. The van der Waals surface area contributed by atoms with Crippen molar-refractivity contribution in [2.45, 2.75) is 19.6 Å². The molecule has 0 aliphatic heterocycles. The lowest BCUT2D eigenvalue weighted by Gasteiger charge is -2.15. The molecule has 20 heavy (non-hydrogen) atoms. The summed E-state index contributed by atoms with van der Waals surface area (Å²) in [6.45, 7) is 1.99. The van der Waals surface area contributed by atoms with Gasteiger partial charge in [0, 0.05) is 11.6 Å². The number of phenols is 1. The number of aliphatic hydroxyl groups excluding tert-OH is 1. The molecule has 4 nitrogen and oxygen atoms in total. The Kier molecular flexibility index (Phi) is 4.48. The van der Waals surface area contributed by atoms with E-state index in [1.807, 2.05) is 6.07 Å². The van der Waals surface area contributed by atoms with Crippen LogP contribution in [0.4, 0.5) is 0 Å². The van der Waals surface area contributed by atoms with Gasteiger partial charge >= 0.3 is 0 Å². The molecule has 0 fully saturated rings. The van der Waals surface area contributed by atoms with E-state index in [0.717, 1.165) is 5.56 Å². The van der Waals surface area contributed by atoms with Crippen molar-refractivity contribution in [3.05, 3.63) is 53.6 Å². The van der Waals surface area contributed by atoms with Gasteiger partial charge in [0.1, 0.15) is 23.9 Å². The van der Waals surface area contributed by atoms with Crippen LogP contribution in [0.1, 0.15) is 24.2 Å². The molecule has 1 atom stereocenters. The Balaban J connectivity index is 2.19. The molecule has 0 aliphatic carbocycles. The molecule has 0 radical (unpaired) electrons. The molecule has 2 aromatic rings. The molecular formula is C16H18O4. The summed E-state index contributed by atoms with van der Waals surface area (Å²) in [5.41, 5.74) is 1.55. The van der Waals surface area contributed by atoms with Crippen molar-refractivity contribution in [2.75, 3.05) is 7.11 Å². The largest absolute Gasteiger partial charge is 0.508 e. The van der Waals surface area contributed by atoms with Gasteiger partial charge in [0.2, 0.25) is 0 Å². The summed E-state index contributed by atoms with van der Waals surface area (Å²) in [7, 11) is 1.58. The molecule has 0 saturated carbocycles. The number of methoxy groups -OCH3 is 1. The molecule has 0 aliphatic rings. The molecule has 0 heterocycles. The fourth-order valence-electron chi connectivity index (χ4n) is 1.92. The SMILES string of the molecule is COc1ccc([C@@H](C)O)c(OCc2cccc(O)c2)c1. The molecule has 4 heteroatoms. The molecule has 2 rings (SSSR count). The topological polar surface area (TPSA) is 58.9 Å². The molecular weight excluding hydrogens is 256 g/mol. The Morgan fingerprint density at radius 2 is 1.95 bits per heavy atom. The van der Waals surface area contributed by atoms with E-state index in [1.165, 1.54) is 0 Å². The summed E-state index contributed by atoms with van der Waals surface area (Å²) in [5, 5.41) is 19.2. The average Bonchev–Trinajstić information content (AvgIpc) is 2.44. The van der Waals surface area contributed by atoms with Crippen LogP contribution in [0.25, 0.3) is 0 Å². The quantitative estimate of drug-likeness (QED) is 0.880. The molecule has 0 aromatic heterocycles. The zero-order valence-corrected chi connectivity index (χ0v) is 11.5. The highest BCUT2D eigenvalue weighted by Crippen LogP contribution is 2.30. The van der Waals surface area contributed by atoms with Crippen molar-refractivity contribution in [1.29, 1.82) is 0 Å². The summed E-state index contributed by atoms with van der Waals surface area (Å²) in [5.74, 6) is 1.44. The number of rotatable bonds is 5. The van der Waals surface area contributed by atoms with Crippen LogP contribution in [0.3, 0.4) is 0 Å². The highest BCUT2D eigenvalue weighted by molar-refractivity contribution is 5.42. The standard InChI is InChI=1S/C16H18O4/c1-11(17)15-7-6-14(19-2)9-16(15)20-10-12-4-3-5-13(18)8-12/h3-9,11,17-18H,10H2,1-2H3/t11-/m1/s1. The fraction of sp³-hybridized carbons (Fsp3) is 0.250. The van der Waals surface area contributed by atoms with E-state index in [2.05, 4.69) is 0 Å². The molecule has 0 spiro atoms. The van der Waals surface area contributed by atoms with Crippen LogP contribution in [0.15, 0.2) is 42.5 Å². The predicted octanol–water partition coefficient (Wildman–Crippen LogP) is 3.03. The highest BCUT2D eigenvalue weighted by atomic mass is 16.5. The Morgan fingerprint density at radius 3 is 2.60 bits per heavy atom. The maximum atomic E-state index is 9.75. The van der Waals surface area contributed by atoms with Gasteiger partial charge in [-0.2, -0.15) is 0 Å². The maximum Gasteiger partial charge on any atom is 0.129 e. The van der Waals surface area contributed by atoms with Crippen molar-refractivity contribution < 1.29 is 19.7 Å². The Morgan fingerprint density at radius 1 is 1.15 bits per heavy atom. The van der Waals surface area contributed by atoms with Crippen molar-refractivity contribution in [3.8, 4) is 17.2 Å². The van der Waals surface area contributed by atoms with Crippen molar-refractivity contribution >= 4 is 0 Å². The number of hydrogen-bond acceptors (Lipinski definition) is 4. The van der Waals surface area contributed by atoms with Crippen LogP contribution >= 0.6 is 0 Å². The van der Waals surface area contributed by atoms with Gasteiger partial charge in [0.15, 0.2) is 0 Å². The van der Waals surface area contributed by atoms with E-state index in [0.29, 0.717) is 23.7 Å². The number of aromatic hydroxyl groups is 1. The van der Waals surface area contributed by atoms with Gasteiger partial charge in [0.05, 0.1) is 13.2 Å². The normalized spacial score (nSPS) is 11.9. The predicted molar refractivity (Wildman–Crippen MR) is 76.1 cm³/mol. The van der Waals surface area contributed by atoms with E-state index in [-0.39, 0.29) is 5.75 Å².